The van der Waals surface area contributed by atoms with Crippen molar-refractivity contribution in [2.45, 2.75) is 19.8 Å². The molecule has 6 heteroatoms. The summed E-state index contributed by atoms with van der Waals surface area (Å²) < 4.78 is 28.0. The highest BCUT2D eigenvalue weighted by Gasteiger charge is 2.30. The Morgan fingerprint density at radius 2 is 2.16 bits per heavy atom. The molecule has 1 aromatic carbocycles. The lowest BCUT2D eigenvalue weighted by atomic mass is 10.0. The molecule has 2 N–H and O–H groups in total. The first-order valence-electron chi connectivity index (χ1n) is 6.51. The van der Waals surface area contributed by atoms with Crippen LogP contribution in [0.4, 0.5) is 11.4 Å². The molecule has 0 amide bonds. The zero-order valence-corrected chi connectivity index (χ0v) is 12.2. The zero-order valence-electron chi connectivity index (χ0n) is 11.4. The van der Waals surface area contributed by atoms with E-state index in [1.54, 1.807) is 35.6 Å². The van der Waals surface area contributed by atoms with Crippen LogP contribution in [-0.4, -0.2) is 32.9 Å². The van der Waals surface area contributed by atoms with Gasteiger partial charge in [0.2, 0.25) is 0 Å². The first-order valence-corrected chi connectivity index (χ1v) is 7.90. The maximum atomic E-state index is 12.6. The van der Waals surface area contributed by atoms with Crippen LogP contribution in [0.15, 0.2) is 24.3 Å². The molecule has 0 aromatic heterocycles. The molecule has 19 heavy (non-hydrogen) atoms. The van der Waals surface area contributed by atoms with Gasteiger partial charge in [-0.3, -0.25) is 4.31 Å². The van der Waals surface area contributed by atoms with E-state index in [2.05, 4.69) is 6.92 Å². The molecule has 0 bridgehead atoms. The number of rotatable bonds is 3. The molecule has 1 fully saturated rings. The molecule has 2 rings (SSSR count). The summed E-state index contributed by atoms with van der Waals surface area (Å²) in [6, 6.07) is 6.93. The van der Waals surface area contributed by atoms with Gasteiger partial charge in [-0.1, -0.05) is 13.0 Å². The van der Waals surface area contributed by atoms with E-state index in [1.807, 2.05) is 0 Å². The van der Waals surface area contributed by atoms with Crippen LogP contribution in [0, 0.1) is 5.92 Å². The molecule has 1 aliphatic rings. The number of nitrogens with two attached hydrogens (primary N) is 1. The Morgan fingerprint density at radius 3 is 2.79 bits per heavy atom. The monoisotopic (exact) mass is 283 g/mol. The summed E-state index contributed by atoms with van der Waals surface area (Å²) in [5, 5.41) is 0. The number of piperidine rings is 1. The average Bonchev–Trinajstić information content (AvgIpc) is 2.38. The lowest BCUT2D eigenvalue weighted by Crippen LogP contribution is -2.46. The molecule has 5 nitrogen and oxygen atoms in total. The van der Waals surface area contributed by atoms with Gasteiger partial charge in [-0.2, -0.15) is 12.7 Å². The van der Waals surface area contributed by atoms with E-state index >= 15 is 0 Å². The van der Waals surface area contributed by atoms with Crippen molar-refractivity contribution in [3.63, 3.8) is 0 Å². The predicted molar refractivity (Wildman–Crippen MR) is 78.1 cm³/mol. The summed E-state index contributed by atoms with van der Waals surface area (Å²) in [7, 11) is -1.88. The molecule has 1 atom stereocenters. The third kappa shape index (κ3) is 3.01. The minimum atomic E-state index is -3.45. The Morgan fingerprint density at radius 1 is 1.42 bits per heavy atom. The van der Waals surface area contributed by atoms with Crippen LogP contribution in [0.5, 0.6) is 0 Å². The Balaban J connectivity index is 2.23. The van der Waals surface area contributed by atoms with Gasteiger partial charge in [-0.25, -0.2) is 0 Å². The fourth-order valence-corrected chi connectivity index (χ4v) is 3.91. The fourth-order valence-electron chi connectivity index (χ4n) is 2.38. The predicted octanol–water partition coefficient (Wildman–Crippen LogP) is 1.68. The molecule has 1 aromatic rings. The van der Waals surface area contributed by atoms with Crippen LogP contribution < -0.4 is 10.0 Å². The van der Waals surface area contributed by atoms with Crippen LogP contribution in [0.3, 0.4) is 0 Å². The average molecular weight is 283 g/mol. The van der Waals surface area contributed by atoms with E-state index in [4.69, 9.17) is 5.73 Å². The summed E-state index contributed by atoms with van der Waals surface area (Å²) in [4.78, 5) is 0. The van der Waals surface area contributed by atoms with Crippen LogP contribution in [-0.2, 0) is 10.2 Å². The standard InChI is InChI=1S/C13H21N3O2S/c1-11-5-4-8-16(10-11)19(17,18)15(2)13-7-3-6-12(14)9-13/h3,6-7,9,11H,4-5,8,10,14H2,1-2H3. The molecule has 0 spiro atoms. The number of hydrogen-bond donors (Lipinski definition) is 1. The van der Waals surface area contributed by atoms with Crippen molar-refractivity contribution in [3.8, 4) is 0 Å². The van der Waals surface area contributed by atoms with Crippen molar-refractivity contribution in [3.05, 3.63) is 24.3 Å². The molecule has 106 valence electrons. The second kappa shape index (κ2) is 5.38. The Bertz CT molecular complexity index is 545. The van der Waals surface area contributed by atoms with E-state index in [0.717, 1.165) is 12.8 Å². The topological polar surface area (TPSA) is 66.6 Å². The molecule has 0 saturated carbocycles. The van der Waals surface area contributed by atoms with E-state index in [-0.39, 0.29) is 0 Å². The van der Waals surface area contributed by atoms with Gasteiger partial charge >= 0.3 is 10.2 Å². The lowest BCUT2D eigenvalue weighted by molar-refractivity contribution is 0.281. The van der Waals surface area contributed by atoms with E-state index in [9.17, 15) is 8.42 Å². The van der Waals surface area contributed by atoms with Gasteiger partial charge in [0.05, 0.1) is 5.69 Å². The zero-order chi connectivity index (χ0) is 14.0. The number of benzene rings is 1. The summed E-state index contributed by atoms with van der Waals surface area (Å²) in [6.45, 7) is 3.27. The molecule has 0 radical (unpaired) electrons. The van der Waals surface area contributed by atoms with Gasteiger partial charge in [0.25, 0.3) is 0 Å². The first-order chi connectivity index (χ1) is 8.91. The van der Waals surface area contributed by atoms with Crippen LogP contribution in [0.25, 0.3) is 0 Å². The van der Waals surface area contributed by atoms with Crippen LogP contribution in [0.2, 0.25) is 0 Å². The number of nitrogens with zero attached hydrogens (tertiary/aromatic N) is 2. The maximum Gasteiger partial charge on any atom is 0.303 e. The van der Waals surface area contributed by atoms with Crippen molar-refractivity contribution in [1.82, 2.24) is 4.31 Å². The molecule has 1 saturated heterocycles. The third-order valence-corrected chi connectivity index (χ3v) is 5.41. The molecular formula is C13H21N3O2S. The smallest absolute Gasteiger partial charge is 0.303 e. The SMILES string of the molecule is CC1CCCN(S(=O)(=O)N(C)c2cccc(N)c2)C1. The maximum absolute atomic E-state index is 12.6. The number of nitrogen functional groups attached to an aromatic ring is 1. The van der Waals surface area contributed by atoms with Crippen molar-refractivity contribution in [1.29, 1.82) is 0 Å². The largest absolute Gasteiger partial charge is 0.399 e. The minimum absolute atomic E-state index is 0.415. The highest BCUT2D eigenvalue weighted by atomic mass is 32.2. The van der Waals surface area contributed by atoms with Gasteiger partial charge in [0.1, 0.15) is 0 Å². The quantitative estimate of drug-likeness (QED) is 0.858. The fraction of sp³-hybridized carbons (Fsp3) is 0.538. The summed E-state index contributed by atoms with van der Waals surface area (Å²) in [5.41, 5.74) is 6.86. The second-order valence-electron chi connectivity index (χ2n) is 5.18. The second-order valence-corrected chi connectivity index (χ2v) is 7.14. The Kier molecular flexibility index (Phi) is 4.01. The number of hydrogen-bond acceptors (Lipinski definition) is 3. The van der Waals surface area contributed by atoms with Crippen LogP contribution in [0.1, 0.15) is 19.8 Å². The van der Waals surface area contributed by atoms with E-state index in [0.29, 0.717) is 30.4 Å². The lowest BCUT2D eigenvalue weighted by Gasteiger charge is -2.33. The molecular weight excluding hydrogens is 262 g/mol. The Hall–Kier alpha value is -1.27. The van der Waals surface area contributed by atoms with E-state index in [1.165, 1.54) is 4.31 Å². The highest BCUT2D eigenvalue weighted by Crippen LogP contribution is 2.24. The van der Waals surface area contributed by atoms with Crippen molar-refractivity contribution >= 4 is 21.6 Å². The molecule has 1 aliphatic heterocycles. The van der Waals surface area contributed by atoms with Gasteiger partial charge in [-0.15, -0.1) is 0 Å². The first kappa shape index (κ1) is 14.1. The van der Waals surface area contributed by atoms with Gasteiger partial charge < -0.3 is 5.73 Å². The van der Waals surface area contributed by atoms with Crippen molar-refractivity contribution in [2.24, 2.45) is 5.92 Å². The molecule has 1 unspecified atom stereocenters. The van der Waals surface area contributed by atoms with Gasteiger partial charge in [0.15, 0.2) is 0 Å². The van der Waals surface area contributed by atoms with E-state index < -0.39 is 10.2 Å². The molecule has 1 heterocycles. The highest BCUT2D eigenvalue weighted by molar-refractivity contribution is 7.90. The summed E-state index contributed by atoms with van der Waals surface area (Å²) in [5.74, 6) is 0.415. The van der Waals surface area contributed by atoms with Crippen molar-refractivity contribution in [2.75, 3.05) is 30.2 Å². The molecule has 0 aliphatic carbocycles. The van der Waals surface area contributed by atoms with Gasteiger partial charge in [-0.05, 0) is 37.0 Å². The Labute approximate surface area is 115 Å². The minimum Gasteiger partial charge on any atom is -0.399 e. The van der Waals surface area contributed by atoms with Crippen LogP contribution >= 0.6 is 0 Å². The summed E-state index contributed by atoms with van der Waals surface area (Å²) in [6.07, 6.45) is 2.01. The summed E-state index contributed by atoms with van der Waals surface area (Å²) >= 11 is 0. The van der Waals surface area contributed by atoms with Crippen molar-refractivity contribution < 1.29 is 8.42 Å². The third-order valence-electron chi connectivity index (χ3n) is 3.53. The normalized spacial score (nSPS) is 21.3. The number of anilines is 2. The van der Waals surface area contributed by atoms with Gasteiger partial charge in [0, 0.05) is 25.8 Å².